The van der Waals surface area contributed by atoms with E-state index in [1.165, 1.54) is 6.92 Å². The standard InChI is InChI=1S/C20H40N2O16P4.2V/c1-20(34)7(2-21-19(33)41-39)38-18(14(30)15(20)31)36-4-6-9(25)11(27)13(29)17(37-6)35-3-5(23)8(24)10(26)12(28)16(32)22-42-40;;/h5-15,17-18,23-31,34,41-42H,2-4,39-40H2,1H3,(H,21,33)(H,22,32);;/p-1/t5?,6?,7?,8-,9-,10?,11?,12-,13+,14+,15?,17+,18+,20+;;/m0../s1. The minimum absolute atomic E-state index is 0. The minimum atomic E-state index is -2.15. The third-order valence-corrected chi connectivity index (χ3v) is 8.71. The first-order chi connectivity index (χ1) is 19.6. The molecule has 11 N–H and O–H groups in total. The Hall–Kier alpha value is 1.27. The van der Waals surface area contributed by atoms with Crippen LogP contribution in [-0.2, 0) is 56.1 Å². The van der Waals surface area contributed by atoms with Crippen LogP contribution in [0.2, 0.25) is 0 Å². The van der Waals surface area contributed by atoms with Gasteiger partial charge in [0.15, 0.2) is 12.6 Å². The number of rotatable bonds is 14. The van der Waals surface area contributed by atoms with Crippen molar-refractivity contribution in [2.24, 2.45) is 4.76 Å². The Morgan fingerprint density at radius 1 is 0.977 bits per heavy atom. The number of carbonyl (C=O) groups excluding carboxylic acids is 1. The van der Waals surface area contributed by atoms with Crippen LogP contribution >= 0.6 is 34.5 Å². The molecule has 0 aromatic heterocycles. The average Bonchev–Trinajstić information content (AvgIpc) is 2.96. The summed E-state index contributed by atoms with van der Waals surface area (Å²) in [6.45, 7) is -0.546. The number of nitrogens with zero attached hydrogens (tertiary/aromatic N) is 1. The summed E-state index contributed by atoms with van der Waals surface area (Å²) in [5.74, 6) is -1.13. The zero-order chi connectivity index (χ0) is 31.9. The van der Waals surface area contributed by atoms with E-state index in [2.05, 4.69) is 27.9 Å². The molecule has 24 heteroatoms. The average molecular weight is 789 g/mol. The molecule has 0 saturated carbocycles. The summed E-state index contributed by atoms with van der Waals surface area (Å²) in [5, 5.41) is 116. The number of hydrogen-bond acceptors (Lipinski definition) is 17. The Labute approximate surface area is 284 Å². The van der Waals surface area contributed by atoms with Crippen LogP contribution in [0.25, 0.3) is 0 Å². The molecule has 2 heterocycles. The number of nitrogens with one attached hydrogen (secondary N) is 1. The van der Waals surface area contributed by atoms with Gasteiger partial charge in [0, 0.05) is 52.1 Å². The maximum Gasteiger partial charge on any atom is 0.241 e. The zero-order valence-corrected chi connectivity index (χ0v) is 30.1. The first-order valence-corrected chi connectivity index (χ1v) is 18.0. The summed E-state index contributed by atoms with van der Waals surface area (Å²) < 4.78 is 25.0. The fraction of sp³-hybridized carbons (Fsp3) is 0.900. The van der Waals surface area contributed by atoms with Crippen molar-refractivity contribution in [3.8, 4) is 0 Å². The molecule has 10 unspecified atom stereocenters. The van der Waals surface area contributed by atoms with Crippen molar-refractivity contribution < 1.29 is 117 Å². The van der Waals surface area contributed by atoms with E-state index in [0.29, 0.717) is 0 Å². The smallest absolute Gasteiger partial charge is 0.241 e. The van der Waals surface area contributed by atoms with Crippen LogP contribution in [0.15, 0.2) is 4.76 Å². The SMILES string of the molecule is C[C@@]1(O)C(CNC(=O)PP)O[C@@H](OCC2O[C@@H](OCC(O)[C@H](O)C(O)[C@H](O)/C([O-])=N/PP)[C@H](O)C(O)[C@H]2O)[C@H](O)C1O.[V].[V]. The molecule has 0 bridgehead atoms. The molecule has 44 heavy (non-hydrogen) atoms. The molecular weight excluding hydrogens is 750 g/mol. The van der Waals surface area contributed by atoms with E-state index in [-0.39, 0.29) is 66.0 Å². The van der Waals surface area contributed by atoms with Crippen molar-refractivity contribution in [2.75, 3.05) is 19.8 Å². The molecule has 2 fully saturated rings. The van der Waals surface area contributed by atoms with Gasteiger partial charge in [-0.15, -0.1) is 8.93 Å². The van der Waals surface area contributed by atoms with Crippen LogP contribution in [0.3, 0.4) is 0 Å². The van der Waals surface area contributed by atoms with E-state index < -0.39 is 104 Å². The van der Waals surface area contributed by atoms with E-state index in [1.54, 1.807) is 0 Å². The molecular formula is C20H39N2O16P4V2-. The van der Waals surface area contributed by atoms with Crippen LogP contribution in [0, 0.1) is 0 Å². The molecule has 18 atom stereocenters. The molecule has 2 radical (unpaired) electrons. The fourth-order valence-electron chi connectivity index (χ4n) is 4.06. The molecule has 1 amide bonds. The predicted molar refractivity (Wildman–Crippen MR) is 151 cm³/mol. The van der Waals surface area contributed by atoms with Gasteiger partial charge in [-0.05, 0) is 21.1 Å². The topological polar surface area (TPSA) is 304 Å². The van der Waals surface area contributed by atoms with Gasteiger partial charge in [0.05, 0.1) is 13.2 Å². The monoisotopic (exact) mass is 789 g/mol. The first-order valence-electron chi connectivity index (χ1n) is 12.4. The number of aliphatic hydroxyl groups is 10. The number of aliphatic hydroxyl groups excluding tert-OH is 9. The zero-order valence-electron chi connectivity index (χ0n) is 23.0. The predicted octanol–water partition coefficient (Wildman–Crippen LogP) is -6.22. The maximum absolute atomic E-state index is 11.6. The summed E-state index contributed by atoms with van der Waals surface area (Å²) >= 11 is 0. The van der Waals surface area contributed by atoms with Gasteiger partial charge in [0.2, 0.25) is 5.65 Å². The molecule has 0 aromatic carbocycles. The Kier molecular flexibility index (Phi) is 21.3. The van der Waals surface area contributed by atoms with Crippen LogP contribution < -0.4 is 10.4 Å². The summed E-state index contributed by atoms with van der Waals surface area (Å²) in [7, 11) is 3.86. The number of carbonyl (C=O) groups is 1. The van der Waals surface area contributed by atoms with Crippen molar-refractivity contribution in [2.45, 2.75) is 92.2 Å². The Bertz CT molecular complexity index is 907. The van der Waals surface area contributed by atoms with Gasteiger partial charge in [0.1, 0.15) is 72.7 Å². The Balaban J connectivity index is 0.00000924. The second kappa shape index (κ2) is 20.7. The van der Waals surface area contributed by atoms with E-state index in [1.807, 2.05) is 0 Å². The molecule has 18 nitrogen and oxygen atoms in total. The fourth-order valence-corrected chi connectivity index (χ4v) is 5.21. The van der Waals surface area contributed by atoms with Crippen molar-refractivity contribution in [3.05, 3.63) is 0 Å². The maximum atomic E-state index is 11.6. The van der Waals surface area contributed by atoms with Crippen LogP contribution in [0.5, 0.6) is 0 Å². The summed E-state index contributed by atoms with van der Waals surface area (Å²) in [5.41, 5.74) is -2.37. The molecule has 2 rings (SSSR count). The Morgan fingerprint density at radius 2 is 1.57 bits per heavy atom. The van der Waals surface area contributed by atoms with Crippen molar-refractivity contribution in [1.29, 1.82) is 0 Å². The summed E-state index contributed by atoms with van der Waals surface area (Å²) in [6.07, 6.45) is -23.5. The van der Waals surface area contributed by atoms with E-state index >= 15 is 0 Å². The molecule has 0 aliphatic carbocycles. The van der Waals surface area contributed by atoms with E-state index in [9.17, 15) is 61.0 Å². The van der Waals surface area contributed by atoms with Crippen LogP contribution in [0.4, 0.5) is 4.79 Å². The second-order valence-corrected chi connectivity index (χ2v) is 12.6. The normalized spacial score (nSPS) is 37.7. The van der Waals surface area contributed by atoms with Gasteiger partial charge < -0.3 is 80.4 Å². The second-order valence-electron chi connectivity index (χ2n) is 9.76. The minimum Gasteiger partial charge on any atom is -0.860 e. The van der Waals surface area contributed by atoms with Crippen LogP contribution in [0.1, 0.15) is 6.92 Å². The van der Waals surface area contributed by atoms with Gasteiger partial charge in [-0.3, -0.25) is 9.56 Å². The molecule has 2 aliphatic rings. The van der Waals surface area contributed by atoms with Gasteiger partial charge in [-0.1, -0.05) is 8.93 Å². The van der Waals surface area contributed by atoms with E-state index in [4.69, 9.17) is 18.9 Å². The third-order valence-electron chi connectivity index (χ3n) is 6.75. The molecule has 256 valence electrons. The van der Waals surface area contributed by atoms with E-state index in [0.717, 1.165) is 0 Å². The molecule has 0 aromatic rings. The van der Waals surface area contributed by atoms with Crippen molar-refractivity contribution >= 4 is 46.1 Å². The van der Waals surface area contributed by atoms with Gasteiger partial charge in [-0.25, -0.2) is 0 Å². The summed E-state index contributed by atoms with van der Waals surface area (Å²) in [4.78, 5) is 11.6. The number of amides is 1. The summed E-state index contributed by atoms with van der Waals surface area (Å²) in [6, 6.07) is 0. The third kappa shape index (κ3) is 11.7. The molecule has 0 spiro atoms. The molecule has 2 aliphatic heterocycles. The number of hydrogen-bond donors (Lipinski definition) is 11. The Morgan fingerprint density at radius 3 is 2.14 bits per heavy atom. The van der Waals surface area contributed by atoms with Crippen molar-refractivity contribution in [1.82, 2.24) is 5.32 Å². The quantitative estimate of drug-likeness (QED) is 0.0443. The van der Waals surface area contributed by atoms with Crippen LogP contribution in [-0.4, -0.2) is 168 Å². The van der Waals surface area contributed by atoms with Gasteiger partial charge in [-0.2, -0.15) is 0 Å². The first kappa shape index (κ1) is 45.3. The van der Waals surface area contributed by atoms with Gasteiger partial charge in [0.25, 0.3) is 0 Å². The number of ether oxygens (including phenoxy) is 4. The largest absolute Gasteiger partial charge is 0.860 e. The molecule has 2 saturated heterocycles. The van der Waals surface area contributed by atoms with Crippen molar-refractivity contribution in [3.63, 3.8) is 0 Å². The van der Waals surface area contributed by atoms with Gasteiger partial charge >= 0.3 is 0 Å².